The van der Waals surface area contributed by atoms with Crippen LogP contribution < -0.4 is 0 Å². The van der Waals surface area contributed by atoms with Crippen LogP contribution in [0.2, 0.25) is 0 Å². The minimum absolute atomic E-state index is 0.255. The summed E-state index contributed by atoms with van der Waals surface area (Å²) in [4.78, 5) is 11.0. The van der Waals surface area contributed by atoms with E-state index >= 15 is 0 Å². The number of hydrogen-bond acceptors (Lipinski definition) is 2. The molecule has 0 amide bonds. The molecule has 2 nitrogen and oxygen atoms in total. The van der Waals surface area contributed by atoms with Crippen molar-refractivity contribution in [2.45, 2.75) is 46.0 Å². The van der Waals surface area contributed by atoms with Crippen molar-refractivity contribution >= 4 is 5.97 Å². The van der Waals surface area contributed by atoms with Crippen molar-refractivity contribution in [3.63, 3.8) is 0 Å². The maximum absolute atomic E-state index is 11.0. The van der Waals surface area contributed by atoms with Gasteiger partial charge in [0.05, 0.1) is 6.61 Å². The van der Waals surface area contributed by atoms with E-state index in [1.165, 1.54) is 25.3 Å². The second kappa shape index (κ2) is 11.0. The van der Waals surface area contributed by atoms with E-state index in [1.54, 1.807) is 6.08 Å². The fourth-order valence-corrected chi connectivity index (χ4v) is 1.07. The molecule has 2 heteroatoms. The number of carbonyl (C=O) groups excluding carboxylic acids is 1. The lowest BCUT2D eigenvalue weighted by Gasteiger charge is -1.95. The monoisotopic (exact) mass is 210 g/mol. The van der Waals surface area contributed by atoms with E-state index in [2.05, 4.69) is 13.0 Å². The maximum Gasteiger partial charge on any atom is 0.330 e. The van der Waals surface area contributed by atoms with Gasteiger partial charge in [0.25, 0.3) is 0 Å². The van der Waals surface area contributed by atoms with E-state index in [1.807, 2.05) is 13.0 Å². The van der Waals surface area contributed by atoms with Gasteiger partial charge in [0, 0.05) is 6.08 Å². The molecule has 0 rings (SSSR count). The molecule has 0 aliphatic rings. The van der Waals surface area contributed by atoms with Gasteiger partial charge >= 0.3 is 5.97 Å². The maximum atomic E-state index is 11.0. The normalized spacial score (nSPS) is 11.3. The molecule has 0 bridgehead atoms. The van der Waals surface area contributed by atoms with Crippen molar-refractivity contribution in [3.05, 3.63) is 24.3 Å². The number of ether oxygens (including phenoxy) is 1. The van der Waals surface area contributed by atoms with Crippen molar-refractivity contribution in [1.29, 1.82) is 0 Å². The first-order valence-electron chi connectivity index (χ1n) is 5.81. The number of unbranched alkanes of at least 4 members (excludes halogenated alkanes) is 3. The summed E-state index contributed by atoms with van der Waals surface area (Å²) in [6.07, 6.45) is 12.9. The van der Waals surface area contributed by atoms with Crippen LogP contribution >= 0.6 is 0 Å². The van der Waals surface area contributed by atoms with Crippen LogP contribution in [-0.4, -0.2) is 12.6 Å². The average molecular weight is 210 g/mol. The Morgan fingerprint density at radius 3 is 2.60 bits per heavy atom. The van der Waals surface area contributed by atoms with Crippen molar-refractivity contribution in [3.8, 4) is 0 Å². The lowest BCUT2D eigenvalue weighted by molar-refractivity contribution is -0.137. The molecule has 0 aliphatic carbocycles. The standard InChI is InChI=1S/C13H22O2/c1-3-5-6-7-8-9-10-11-13(14)15-12-4-2/h8-11H,3-7,12H2,1-2H3/b9-8-,11-10+. The highest BCUT2D eigenvalue weighted by atomic mass is 16.5. The zero-order valence-electron chi connectivity index (χ0n) is 9.87. The third-order valence-corrected chi connectivity index (χ3v) is 1.90. The van der Waals surface area contributed by atoms with Crippen molar-refractivity contribution < 1.29 is 9.53 Å². The van der Waals surface area contributed by atoms with Crippen molar-refractivity contribution in [2.75, 3.05) is 6.61 Å². The number of esters is 1. The third-order valence-electron chi connectivity index (χ3n) is 1.90. The second-order valence-corrected chi connectivity index (χ2v) is 3.45. The quantitative estimate of drug-likeness (QED) is 0.265. The van der Waals surface area contributed by atoms with Crippen LogP contribution in [0.5, 0.6) is 0 Å². The average Bonchev–Trinajstić information content (AvgIpc) is 2.25. The molecule has 0 aromatic rings. The van der Waals surface area contributed by atoms with Gasteiger partial charge in [-0.3, -0.25) is 0 Å². The number of allylic oxidation sites excluding steroid dienone is 3. The van der Waals surface area contributed by atoms with Gasteiger partial charge in [0.1, 0.15) is 0 Å². The Kier molecular flexibility index (Phi) is 10.3. The van der Waals surface area contributed by atoms with E-state index in [0.717, 1.165) is 12.8 Å². The molecular weight excluding hydrogens is 188 g/mol. The SMILES string of the molecule is CCCCC/C=C\C=C\C(=O)OCCC. The molecule has 0 aliphatic heterocycles. The zero-order valence-corrected chi connectivity index (χ0v) is 9.87. The van der Waals surface area contributed by atoms with Crippen LogP contribution in [-0.2, 0) is 9.53 Å². The van der Waals surface area contributed by atoms with Crippen molar-refractivity contribution in [2.24, 2.45) is 0 Å². The lowest BCUT2D eigenvalue weighted by atomic mass is 10.2. The highest BCUT2D eigenvalue weighted by Gasteiger charge is 1.91. The molecule has 0 radical (unpaired) electrons. The van der Waals surface area contributed by atoms with Crippen molar-refractivity contribution in [1.82, 2.24) is 0 Å². The van der Waals surface area contributed by atoms with E-state index < -0.39 is 0 Å². The third kappa shape index (κ3) is 10.9. The van der Waals surface area contributed by atoms with Gasteiger partial charge in [-0.25, -0.2) is 4.79 Å². The van der Waals surface area contributed by atoms with E-state index in [-0.39, 0.29) is 5.97 Å². The van der Waals surface area contributed by atoms with Gasteiger partial charge in [0.15, 0.2) is 0 Å². The van der Waals surface area contributed by atoms with Crippen LogP contribution in [0.1, 0.15) is 46.0 Å². The van der Waals surface area contributed by atoms with Crippen LogP contribution in [0.4, 0.5) is 0 Å². The molecule has 0 fully saturated rings. The number of rotatable bonds is 8. The summed E-state index contributed by atoms with van der Waals surface area (Å²) in [6, 6.07) is 0. The summed E-state index contributed by atoms with van der Waals surface area (Å²) in [6.45, 7) is 4.67. The summed E-state index contributed by atoms with van der Waals surface area (Å²) >= 11 is 0. The predicted octanol–water partition coefficient (Wildman–Crippen LogP) is 3.63. The largest absolute Gasteiger partial charge is 0.463 e. The minimum atomic E-state index is -0.255. The highest BCUT2D eigenvalue weighted by Crippen LogP contribution is 1.99. The molecule has 0 saturated carbocycles. The van der Waals surface area contributed by atoms with Crippen LogP contribution in [0, 0.1) is 0 Å². The summed E-state index contributed by atoms with van der Waals surface area (Å²) < 4.78 is 4.88. The summed E-state index contributed by atoms with van der Waals surface area (Å²) in [5.74, 6) is -0.255. The highest BCUT2D eigenvalue weighted by molar-refractivity contribution is 5.82. The van der Waals surface area contributed by atoms with Gasteiger partial charge in [-0.2, -0.15) is 0 Å². The smallest absolute Gasteiger partial charge is 0.330 e. The molecule has 0 aromatic carbocycles. The number of hydrogen-bond donors (Lipinski definition) is 0. The van der Waals surface area contributed by atoms with E-state index in [9.17, 15) is 4.79 Å². The van der Waals surface area contributed by atoms with Crippen LogP contribution in [0.25, 0.3) is 0 Å². The Balaban J connectivity index is 3.46. The Morgan fingerprint density at radius 1 is 1.13 bits per heavy atom. The molecule has 0 atom stereocenters. The molecule has 0 spiro atoms. The summed E-state index contributed by atoms with van der Waals surface area (Å²) in [5, 5.41) is 0. The molecular formula is C13H22O2. The Labute approximate surface area is 93.0 Å². The first-order chi connectivity index (χ1) is 7.31. The first-order valence-corrected chi connectivity index (χ1v) is 5.81. The number of carbonyl (C=O) groups is 1. The molecule has 0 unspecified atom stereocenters. The Hall–Kier alpha value is -1.05. The molecule has 0 aromatic heterocycles. The zero-order chi connectivity index (χ0) is 11.4. The first kappa shape index (κ1) is 13.9. The summed E-state index contributed by atoms with van der Waals surface area (Å²) in [5.41, 5.74) is 0. The second-order valence-electron chi connectivity index (χ2n) is 3.45. The van der Waals surface area contributed by atoms with E-state index in [4.69, 9.17) is 4.74 Å². The topological polar surface area (TPSA) is 26.3 Å². The molecule has 0 saturated heterocycles. The molecule has 0 N–H and O–H groups in total. The van der Waals surface area contributed by atoms with Gasteiger partial charge in [-0.1, -0.05) is 44.9 Å². The van der Waals surface area contributed by atoms with Gasteiger partial charge < -0.3 is 4.74 Å². The molecule has 0 heterocycles. The van der Waals surface area contributed by atoms with Crippen LogP contribution in [0.3, 0.4) is 0 Å². The Morgan fingerprint density at radius 2 is 1.93 bits per heavy atom. The Bertz CT molecular complexity index is 205. The summed E-state index contributed by atoms with van der Waals surface area (Å²) in [7, 11) is 0. The molecule has 86 valence electrons. The fraction of sp³-hybridized carbons (Fsp3) is 0.615. The van der Waals surface area contributed by atoms with Gasteiger partial charge in [0.2, 0.25) is 0 Å². The van der Waals surface area contributed by atoms with E-state index in [0.29, 0.717) is 6.61 Å². The predicted molar refractivity (Wildman–Crippen MR) is 63.7 cm³/mol. The fourth-order valence-electron chi connectivity index (χ4n) is 1.07. The molecule has 15 heavy (non-hydrogen) atoms. The van der Waals surface area contributed by atoms with Crippen LogP contribution in [0.15, 0.2) is 24.3 Å². The lowest BCUT2D eigenvalue weighted by Crippen LogP contribution is -2.00. The van der Waals surface area contributed by atoms with Gasteiger partial charge in [-0.05, 0) is 19.3 Å². The minimum Gasteiger partial charge on any atom is -0.463 e. The van der Waals surface area contributed by atoms with Gasteiger partial charge in [-0.15, -0.1) is 0 Å².